The molecular weight excluding hydrogens is 306 g/mol. The zero-order valence-corrected chi connectivity index (χ0v) is 13.4. The first-order valence-electron chi connectivity index (χ1n) is 7.01. The van der Waals surface area contributed by atoms with Gasteiger partial charge >= 0.3 is 6.03 Å². The van der Waals surface area contributed by atoms with E-state index in [1.54, 1.807) is 25.1 Å². The topological polar surface area (TPSA) is 95.6 Å². The smallest absolute Gasteiger partial charge is 0.314 e. The lowest BCUT2D eigenvalue weighted by Crippen LogP contribution is -2.36. The number of hydrogen-bond acceptors (Lipinski definition) is 4. The van der Waals surface area contributed by atoms with Crippen molar-refractivity contribution in [2.45, 2.75) is 13.3 Å². The van der Waals surface area contributed by atoms with E-state index in [9.17, 15) is 18.0 Å². The van der Waals surface area contributed by atoms with Gasteiger partial charge in [0.15, 0.2) is 5.78 Å². The number of fused-ring (bicyclic) bond motifs is 1. The minimum absolute atomic E-state index is 0.0448. The molecule has 1 aliphatic heterocycles. The number of ketones is 1. The first-order chi connectivity index (χ1) is 10.4. The number of anilines is 1. The molecule has 0 bridgehead atoms. The zero-order chi connectivity index (χ0) is 16.3. The fourth-order valence-corrected chi connectivity index (χ4v) is 3.50. The number of carbonyl (C=O) groups excluding carboxylic acids is 2. The first kappa shape index (κ1) is 16.3. The van der Waals surface area contributed by atoms with Gasteiger partial charge in [-0.2, -0.15) is 0 Å². The van der Waals surface area contributed by atoms with Crippen LogP contribution in [0.5, 0.6) is 0 Å². The first-order valence-corrected chi connectivity index (χ1v) is 8.62. The van der Waals surface area contributed by atoms with Gasteiger partial charge in [0, 0.05) is 19.2 Å². The minimum atomic E-state index is -3.29. The summed E-state index contributed by atoms with van der Waals surface area (Å²) in [7, 11) is -1.82. The quantitative estimate of drug-likeness (QED) is 0.771. The number of benzene rings is 1. The Hall–Kier alpha value is -2.09. The highest BCUT2D eigenvalue weighted by Gasteiger charge is 2.28. The van der Waals surface area contributed by atoms with Gasteiger partial charge in [0.05, 0.1) is 18.0 Å². The molecule has 0 atom stereocenters. The van der Waals surface area contributed by atoms with Crippen molar-refractivity contribution >= 4 is 27.5 Å². The van der Waals surface area contributed by atoms with Gasteiger partial charge in [-0.05, 0) is 37.1 Å². The molecule has 7 nitrogen and oxygen atoms in total. The largest absolute Gasteiger partial charge is 0.341 e. The second kappa shape index (κ2) is 6.35. The van der Waals surface area contributed by atoms with Gasteiger partial charge in [0.25, 0.3) is 0 Å². The maximum atomic E-state index is 12.0. The lowest BCUT2D eigenvalue weighted by molar-refractivity contribution is 0.0992. The van der Waals surface area contributed by atoms with Crippen molar-refractivity contribution in [3.05, 3.63) is 29.3 Å². The molecule has 1 aliphatic rings. The summed E-state index contributed by atoms with van der Waals surface area (Å²) < 4.78 is 25.4. The molecule has 1 aromatic carbocycles. The second-order valence-corrected chi connectivity index (χ2v) is 7.10. The fourth-order valence-electron chi connectivity index (χ4n) is 2.34. The third-order valence-electron chi connectivity index (χ3n) is 3.59. The molecule has 1 heterocycles. The summed E-state index contributed by atoms with van der Waals surface area (Å²) in [5, 5.41) is 4.80. The fraction of sp³-hybridized carbons (Fsp3) is 0.429. The number of sulfonamides is 1. The van der Waals surface area contributed by atoms with Crippen molar-refractivity contribution in [3.63, 3.8) is 0 Å². The van der Waals surface area contributed by atoms with Crippen molar-refractivity contribution in [2.75, 3.05) is 30.2 Å². The van der Waals surface area contributed by atoms with Crippen molar-refractivity contribution in [1.29, 1.82) is 0 Å². The van der Waals surface area contributed by atoms with Gasteiger partial charge < -0.3 is 10.6 Å². The molecule has 120 valence electrons. The van der Waals surface area contributed by atoms with Gasteiger partial charge in [0.2, 0.25) is 10.0 Å². The average molecular weight is 325 g/mol. The highest BCUT2D eigenvalue weighted by molar-refractivity contribution is 7.92. The number of urea groups is 1. The number of nitrogens with zero attached hydrogens (tertiary/aromatic N) is 1. The minimum Gasteiger partial charge on any atom is -0.341 e. The van der Waals surface area contributed by atoms with E-state index in [1.807, 2.05) is 0 Å². The van der Waals surface area contributed by atoms with E-state index in [4.69, 9.17) is 0 Å². The maximum absolute atomic E-state index is 12.0. The van der Waals surface area contributed by atoms with E-state index in [0.717, 1.165) is 5.56 Å². The van der Waals surface area contributed by atoms with Gasteiger partial charge in [-0.3, -0.25) is 9.10 Å². The van der Waals surface area contributed by atoms with Crippen molar-refractivity contribution in [3.8, 4) is 0 Å². The molecule has 2 amide bonds. The Morgan fingerprint density at radius 1 is 1.32 bits per heavy atom. The second-order valence-electron chi connectivity index (χ2n) is 4.92. The predicted octanol–water partition coefficient (Wildman–Crippen LogP) is 0.511. The van der Waals surface area contributed by atoms with E-state index in [2.05, 4.69) is 10.6 Å². The van der Waals surface area contributed by atoms with Crippen LogP contribution in [0.2, 0.25) is 0 Å². The Kier molecular flexibility index (Phi) is 4.70. The van der Waals surface area contributed by atoms with Gasteiger partial charge in [-0.15, -0.1) is 0 Å². The molecule has 0 saturated heterocycles. The van der Waals surface area contributed by atoms with Crippen LogP contribution in [0.15, 0.2) is 18.2 Å². The summed E-state index contributed by atoms with van der Waals surface area (Å²) in [5.41, 5.74) is 1.94. The van der Waals surface area contributed by atoms with Crippen LogP contribution in [-0.4, -0.2) is 46.1 Å². The number of amides is 2. The van der Waals surface area contributed by atoms with E-state index < -0.39 is 16.1 Å². The van der Waals surface area contributed by atoms with Crippen molar-refractivity contribution < 1.29 is 18.0 Å². The molecule has 1 aromatic rings. The number of carbonyl (C=O) groups is 2. The Labute approximate surface area is 129 Å². The number of nitrogens with one attached hydrogen (secondary N) is 2. The van der Waals surface area contributed by atoms with Gasteiger partial charge in [-0.1, -0.05) is 0 Å². The van der Waals surface area contributed by atoms with E-state index in [0.29, 0.717) is 24.2 Å². The van der Waals surface area contributed by atoms with Crippen LogP contribution in [0.3, 0.4) is 0 Å². The Morgan fingerprint density at radius 3 is 2.68 bits per heavy atom. The van der Waals surface area contributed by atoms with Crippen LogP contribution in [0.4, 0.5) is 10.5 Å². The highest BCUT2D eigenvalue weighted by atomic mass is 32.2. The standard InChI is InChI=1S/C14H19N3O4S/c1-3-22(20,21)17-7-6-10-8-11(4-5-12(10)17)13(18)9-16-14(19)15-2/h4-5,8H,3,6-7,9H2,1-2H3,(H2,15,16,19). The lowest BCUT2D eigenvalue weighted by Gasteiger charge is -2.18. The van der Waals surface area contributed by atoms with Crippen LogP contribution >= 0.6 is 0 Å². The molecule has 8 heteroatoms. The number of rotatable bonds is 5. The van der Waals surface area contributed by atoms with E-state index in [1.165, 1.54) is 11.4 Å². The molecule has 0 radical (unpaired) electrons. The molecule has 0 fully saturated rings. The molecule has 0 unspecified atom stereocenters. The summed E-state index contributed by atoms with van der Waals surface area (Å²) >= 11 is 0. The van der Waals surface area contributed by atoms with Crippen LogP contribution in [0.1, 0.15) is 22.8 Å². The Balaban J connectivity index is 2.17. The van der Waals surface area contributed by atoms with Gasteiger partial charge in [-0.25, -0.2) is 13.2 Å². The van der Waals surface area contributed by atoms with E-state index in [-0.39, 0.29) is 18.1 Å². The molecular formula is C14H19N3O4S. The SMILES string of the molecule is CCS(=O)(=O)N1CCc2cc(C(=O)CNC(=O)NC)ccc21. The third-order valence-corrected chi connectivity index (χ3v) is 5.37. The molecule has 2 rings (SSSR count). The third kappa shape index (κ3) is 3.22. The highest BCUT2D eigenvalue weighted by Crippen LogP contribution is 2.31. The van der Waals surface area contributed by atoms with Crippen LogP contribution in [-0.2, 0) is 16.4 Å². The van der Waals surface area contributed by atoms with Crippen LogP contribution < -0.4 is 14.9 Å². The predicted molar refractivity (Wildman–Crippen MR) is 83.7 cm³/mol. The van der Waals surface area contributed by atoms with Crippen LogP contribution in [0.25, 0.3) is 0 Å². The maximum Gasteiger partial charge on any atom is 0.314 e. The van der Waals surface area contributed by atoms with Gasteiger partial charge in [0.1, 0.15) is 0 Å². The van der Waals surface area contributed by atoms with E-state index >= 15 is 0 Å². The molecule has 0 aliphatic carbocycles. The number of hydrogen-bond donors (Lipinski definition) is 2. The van der Waals surface area contributed by atoms with Crippen LogP contribution in [0, 0.1) is 0 Å². The van der Waals surface area contributed by atoms with Crippen molar-refractivity contribution in [2.24, 2.45) is 0 Å². The normalized spacial score (nSPS) is 13.6. The Bertz CT molecular complexity index is 700. The Morgan fingerprint density at radius 2 is 2.05 bits per heavy atom. The molecule has 22 heavy (non-hydrogen) atoms. The summed E-state index contributed by atoms with van der Waals surface area (Å²) in [6, 6.07) is 4.53. The summed E-state index contributed by atoms with van der Waals surface area (Å²) in [5.74, 6) is -0.174. The molecule has 0 aromatic heterocycles. The van der Waals surface area contributed by atoms with Crippen molar-refractivity contribution in [1.82, 2.24) is 10.6 Å². The summed E-state index contributed by atoms with van der Waals surface area (Å²) in [4.78, 5) is 23.1. The lowest BCUT2D eigenvalue weighted by atomic mass is 10.1. The average Bonchev–Trinajstić information content (AvgIpc) is 2.95. The molecule has 0 spiro atoms. The molecule has 0 saturated carbocycles. The monoisotopic (exact) mass is 325 g/mol. The molecule has 2 N–H and O–H groups in total. The summed E-state index contributed by atoms with van der Waals surface area (Å²) in [6.45, 7) is 1.91. The summed E-state index contributed by atoms with van der Waals surface area (Å²) in [6.07, 6.45) is 0.582. The zero-order valence-electron chi connectivity index (χ0n) is 12.5. The number of Topliss-reactive ketones (excluding diaryl/α,β-unsaturated/α-hetero) is 1.